The molecule has 0 aromatic heterocycles. The summed E-state index contributed by atoms with van der Waals surface area (Å²) in [6, 6.07) is 2.53. The highest BCUT2D eigenvalue weighted by atomic mass is 19.1. The summed E-state index contributed by atoms with van der Waals surface area (Å²) in [5.74, 6) is -2.32. The second kappa shape index (κ2) is 8.45. The summed E-state index contributed by atoms with van der Waals surface area (Å²) in [5.41, 5.74) is 0.174. The standard InChI is InChI=1S/C16H20FNO7/c1-4-23-16(22-3)25-8-24-15(21)9(2)18-12-6-5-10(17)7-11(12)13(19)14(18)20/h5-7,9,15-16,21H,4,8H2,1-3H3. The van der Waals surface area contributed by atoms with Gasteiger partial charge in [-0.3, -0.25) is 14.5 Å². The van der Waals surface area contributed by atoms with Crippen molar-refractivity contribution < 1.29 is 38.0 Å². The van der Waals surface area contributed by atoms with Crippen LogP contribution in [0.15, 0.2) is 18.2 Å². The van der Waals surface area contributed by atoms with Crippen LogP contribution in [0.4, 0.5) is 10.1 Å². The van der Waals surface area contributed by atoms with Crippen molar-refractivity contribution in [3.05, 3.63) is 29.6 Å². The van der Waals surface area contributed by atoms with Crippen LogP contribution in [-0.4, -0.2) is 56.1 Å². The monoisotopic (exact) mass is 357 g/mol. The fourth-order valence-electron chi connectivity index (χ4n) is 2.39. The largest absolute Gasteiger partial charge is 0.366 e. The van der Waals surface area contributed by atoms with Crippen LogP contribution in [0.1, 0.15) is 24.2 Å². The Labute approximate surface area is 144 Å². The SMILES string of the molecule is CCOC(OC)OCOC(O)C(C)N1C(=O)C(=O)c2cc(F)ccc21. The van der Waals surface area contributed by atoms with Crippen molar-refractivity contribution in [2.24, 2.45) is 0 Å². The van der Waals surface area contributed by atoms with E-state index in [9.17, 15) is 19.1 Å². The first-order chi connectivity index (χ1) is 11.9. The minimum atomic E-state index is -1.45. The number of carbonyl (C=O) groups is 2. The van der Waals surface area contributed by atoms with Crippen LogP contribution < -0.4 is 4.90 Å². The molecule has 0 aliphatic carbocycles. The molecular formula is C16H20FNO7. The minimum Gasteiger partial charge on any atom is -0.366 e. The van der Waals surface area contributed by atoms with E-state index in [1.54, 1.807) is 6.92 Å². The molecule has 1 aromatic rings. The van der Waals surface area contributed by atoms with Gasteiger partial charge in [0, 0.05) is 13.7 Å². The van der Waals surface area contributed by atoms with E-state index in [0.717, 1.165) is 17.0 Å². The van der Waals surface area contributed by atoms with E-state index in [1.807, 2.05) is 0 Å². The molecule has 1 aliphatic heterocycles. The molecule has 1 N–H and O–H groups in total. The maximum atomic E-state index is 13.3. The van der Waals surface area contributed by atoms with E-state index in [1.165, 1.54) is 20.1 Å². The fourth-order valence-corrected chi connectivity index (χ4v) is 2.39. The van der Waals surface area contributed by atoms with Crippen LogP contribution in [0.2, 0.25) is 0 Å². The molecule has 1 amide bonds. The molecule has 1 aromatic carbocycles. The molecule has 0 saturated carbocycles. The molecule has 8 nitrogen and oxygen atoms in total. The quantitative estimate of drug-likeness (QED) is 0.521. The first kappa shape index (κ1) is 19.4. The number of fused-ring (bicyclic) bond motifs is 1. The van der Waals surface area contributed by atoms with Crippen molar-refractivity contribution >= 4 is 17.4 Å². The second-order valence-electron chi connectivity index (χ2n) is 5.23. The lowest BCUT2D eigenvalue weighted by atomic mass is 10.1. The molecule has 0 spiro atoms. The van der Waals surface area contributed by atoms with Crippen LogP contribution in [0.5, 0.6) is 0 Å². The van der Waals surface area contributed by atoms with Crippen molar-refractivity contribution in [1.29, 1.82) is 0 Å². The molecular weight excluding hydrogens is 337 g/mol. The van der Waals surface area contributed by atoms with Crippen molar-refractivity contribution in [1.82, 2.24) is 0 Å². The van der Waals surface area contributed by atoms with Gasteiger partial charge in [0.15, 0.2) is 13.1 Å². The highest BCUT2D eigenvalue weighted by Gasteiger charge is 2.41. The zero-order valence-corrected chi connectivity index (χ0v) is 14.1. The van der Waals surface area contributed by atoms with Crippen LogP contribution in [0.3, 0.4) is 0 Å². The maximum Gasteiger partial charge on any atom is 0.299 e. The predicted molar refractivity (Wildman–Crippen MR) is 83.1 cm³/mol. The van der Waals surface area contributed by atoms with Crippen LogP contribution in [-0.2, 0) is 23.7 Å². The minimum absolute atomic E-state index is 0.0453. The van der Waals surface area contributed by atoms with Crippen molar-refractivity contribution in [3.8, 4) is 0 Å². The number of hydrogen-bond acceptors (Lipinski definition) is 7. The highest BCUT2D eigenvalue weighted by Crippen LogP contribution is 2.32. The second-order valence-corrected chi connectivity index (χ2v) is 5.23. The number of halogens is 1. The molecule has 0 saturated heterocycles. The number of methoxy groups -OCH3 is 1. The Balaban J connectivity index is 2.01. The fraction of sp³-hybridized carbons (Fsp3) is 0.500. The molecule has 0 bridgehead atoms. The van der Waals surface area contributed by atoms with E-state index in [-0.39, 0.29) is 18.0 Å². The van der Waals surface area contributed by atoms with E-state index < -0.39 is 36.3 Å². The average Bonchev–Trinajstić information content (AvgIpc) is 2.84. The third-order valence-electron chi connectivity index (χ3n) is 3.63. The molecule has 9 heteroatoms. The summed E-state index contributed by atoms with van der Waals surface area (Å²) < 4.78 is 33.4. The van der Waals surface area contributed by atoms with Gasteiger partial charge in [-0.1, -0.05) is 0 Å². The normalized spacial score (nSPS) is 17.6. The number of ketones is 1. The maximum absolute atomic E-state index is 13.3. The number of rotatable bonds is 9. The summed E-state index contributed by atoms with van der Waals surface area (Å²) in [5, 5.41) is 10.1. The Kier molecular flexibility index (Phi) is 6.57. The van der Waals surface area contributed by atoms with Gasteiger partial charge in [-0.25, -0.2) is 4.39 Å². The van der Waals surface area contributed by atoms with Crippen LogP contribution in [0, 0.1) is 5.82 Å². The number of aliphatic hydroxyl groups excluding tert-OH is 1. The zero-order chi connectivity index (χ0) is 18.6. The predicted octanol–water partition coefficient (Wildman–Crippen LogP) is 1.02. The lowest BCUT2D eigenvalue weighted by molar-refractivity contribution is -0.317. The molecule has 0 radical (unpaired) electrons. The molecule has 138 valence electrons. The van der Waals surface area contributed by atoms with Crippen molar-refractivity contribution in [2.75, 3.05) is 25.4 Å². The number of ether oxygens (including phenoxy) is 4. The summed E-state index contributed by atoms with van der Waals surface area (Å²) in [6.07, 6.45) is -1.45. The van der Waals surface area contributed by atoms with Gasteiger partial charge in [-0.05, 0) is 32.0 Å². The van der Waals surface area contributed by atoms with Gasteiger partial charge in [-0.15, -0.1) is 0 Å². The molecule has 3 atom stereocenters. The first-order valence-electron chi connectivity index (χ1n) is 7.63. The number of anilines is 1. The van der Waals surface area contributed by atoms with Crippen molar-refractivity contribution in [2.45, 2.75) is 32.7 Å². The summed E-state index contributed by atoms with van der Waals surface area (Å²) in [6.45, 7) is 2.28. The summed E-state index contributed by atoms with van der Waals surface area (Å²) in [4.78, 5) is 25.2. The summed E-state index contributed by atoms with van der Waals surface area (Å²) >= 11 is 0. The van der Waals surface area contributed by atoms with Gasteiger partial charge in [0.25, 0.3) is 18.2 Å². The Bertz CT molecular complexity index is 639. The van der Waals surface area contributed by atoms with Crippen molar-refractivity contribution in [3.63, 3.8) is 0 Å². The molecule has 1 heterocycles. The lowest BCUT2D eigenvalue weighted by Crippen LogP contribution is -2.46. The first-order valence-corrected chi connectivity index (χ1v) is 7.63. The molecule has 25 heavy (non-hydrogen) atoms. The molecule has 0 fully saturated rings. The van der Waals surface area contributed by atoms with Gasteiger partial charge < -0.3 is 24.1 Å². The number of benzene rings is 1. The Morgan fingerprint density at radius 1 is 1.24 bits per heavy atom. The van der Waals surface area contributed by atoms with Gasteiger partial charge in [0.1, 0.15) is 5.82 Å². The topological polar surface area (TPSA) is 94.5 Å². The van der Waals surface area contributed by atoms with E-state index in [0.29, 0.717) is 6.61 Å². The summed E-state index contributed by atoms with van der Waals surface area (Å²) in [7, 11) is 1.38. The van der Waals surface area contributed by atoms with Gasteiger partial charge in [0.05, 0.1) is 17.3 Å². The van der Waals surface area contributed by atoms with Gasteiger partial charge in [-0.2, -0.15) is 0 Å². The third-order valence-corrected chi connectivity index (χ3v) is 3.63. The molecule has 2 rings (SSSR count). The molecule has 3 unspecified atom stereocenters. The number of aliphatic hydroxyl groups is 1. The Morgan fingerprint density at radius 3 is 2.60 bits per heavy atom. The smallest absolute Gasteiger partial charge is 0.299 e. The highest BCUT2D eigenvalue weighted by molar-refractivity contribution is 6.52. The number of hydrogen-bond donors (Lipinski definition) is 1. The van der Waals surface area contributed by atoms with E-state index in [4.69, 9.17) is 18.9 Å². The van der Waals surface area contributed by atoms with Crippen LogP contribution in [0.25, 0.3) is 0 Å². The Hall–Kier alpha value is -1.91. The lowest BCUT2D eigenvalue weighted by Gasteiger charge is -2.28. The third kappa shape index (κ3) is 4.20. The van der Waals surface area contributed by atoms with E-state index in [2.05, 4.69) is 0 Å². The van der Waals surface area contributed by atoms with Gasteiger partial charge >= 0.3 is 0 Å². The Morgan fingerprint density at radius 2 is 1.96 bits per heavy atom. The zero-order valence-electron chi connectivity index (χ0n) is 14.1. The van der Waals surface area contributed by atoms with Gasteiger partial charge in [0.2, 0.25) is 0 Å². The average molecular weight is 357 g/mol. The van der Waals surface area contributed by atoms with Crippen LogP contribution >= 0.6 is 0 Å². The number of nitrogens with zero attached hydrogens (tertiary/aromatic N) is 1. The number of Topliss-reactive ketones (excluding diaryl/α,β-unsaturated/α-hetero) is 1. The number of carbonyl (C=O) groups excluding carboxylic acids is 2. The van der Waals surface area contributed by atoms with E-state index >= 15 is 0 Å². The number of amides is 1. The molecule has 1 aliphatic rings.